The molecule has 0 bridgehead atoms. The van der Waals surface area contributed by atoms with E-state index in [2.05, 4.69) is 23.1 Å². The summed E-state index contributed by atoms with van der Waals surface area (Å²) in [6, 6.07) is 7.23. The first-order valence-corrected chi connectivity index (χ1v) is 8.47. The monoisotopic (exact) mass is 327 g/mol. The second kappa shape index (κ2) is 9.67. The van der Waals surface area contributed by atoms with Crippen LogP contribution in [0.2, 0.25) is 0 Å². The number of rotatable bonds is 8. The molecule has 1 aliphatic carbocycles. The van der Waals surface area contributed by atoms with Gasteiger partial charge in [0.1, 0.15) is 0 Å². The Morgan fingerprint density at radius 1 is 1.08 bits per heavy atom. The molecule has 0 unspecified atom stereocenters. The second-order valence-electron chi connectivity index (χ2n) is 5.75. The number of hydrazine groups is 1. The standard InChI is InChI=1S/C19H25N3O2/c1-2-3-13-21-22-19(24)17-11-9-15(10-12-17)14-20-18(23)16-7-5-4-6-8-16/h5,7-12,21H,2-4,6,13-14H2,1H3,(H,20,23)(H,22,24). The number of hydrogen-bond acceptors (Lipinski definition) is 3. The number of unbranched alkanes of at least 4 members (excludes halogenated alkanes) is 1. The van der Waals surface area contributed by atoms with Crippen LogP contribution < -0.4 is 16.2 Å². The Morgan fingerprint density at radius 2 is 1.88 bits per heavy atom. The Hall–Kier alpha value is -2.40. The van der Waals surface area contributed by atoms with Crippen molar-refractivity contribution in [1.82, 2.24) is 16.2 Å². The lowest BCUT2D eigenvalue weighted by Crippen LogP contribution is -2.37. The Balaban J connectivity index is 1.79. The molecule has 1 aromatic rings. The van der Waals surface area contributed by atoms with Crippen molar-refractivity contribution in [3.63, 3.8) is 0 Å². The topological polar surface area (TPSA) is 70.2 Å². The van der Waals surface area contributed by atoms with Crippen LogP contribution in [0.1, 0.15) is 48.5 Å². The summed E-state index contributed by atoms with van der Waals surface area (Å²) in [5.74, 6) is -0.216. The molecule has 5 heteroatoms. The molecule has 0 aliphatic heterocycles. The van der Waals surface area contributed by atoms with Crippen LogP contribution in [0.15, 0.2) is 48.1 Å². The fraction of sp³-hybridized carbons (Fsp3) is 0.368. The van der Waals surface area contributed by atoms with E-state index in [0.717, 1.165) is 43.4 Å². The van der Waals surface area contributed by atoms with Gasteiger partial charge in [0.05, 0.1) is 0 Å². The highest BCUT2D eigenvalue weighted by atomic mass is 16.2. The van der Waals surface area contributed by atoms with E-state index in [1.54, 1.807) is 12.1 Å². The lowest BCUT2D eigenvalue weighted by atomic mass is 10.1. The van der Waals surface area contributed by atoms with Crippen LogP contribution in [0.4, 0.5) is 0 Å². The third-order valence-electron chi connectivity index (χ3n) is 3.78. The minimum absolute atomic E-state index is 0.0621. The van der Waals surface area contributed by atoms with Crippen LogP contribution in [0.5, 0.6) is 0 Å². The Bertz CT molecular complexity index is 618. The van der Waals surface area contributed by atoms with E-state index in [0.29, 0.717) is 12.1 Å². The normalized spacial score (nSPS) is 13.3. The number of nitrogens with one attached hydrogen (secondary N) is 3. The van der Waals surface area contributed by atoms with E-state index in [4.69, 9.17) is 0 Å². The third-order valence-corrected chi connectivity index (χ3v) is 3.78. The lowest BCUT2D eigenvalue weighted by molar-refractivity contribution is -0.117. The molecule has 0 saturated heterocycles. The number of carbonyl (C=O) groups excluding carboxylic acids is 2. The van der Waals surface area contributed by atoms with E-state index >= 15 is 0 Å². The number of hydrogen-bond donors (Lipinski definition) is 3. The van der Waals surface area contributed by atoms with E-state index < -0.39 is 0 Å². The highest BCUT2D eigenvalue weighted by molar-refractivity contribution is 5.96. The smallest absolute Gasteiger partial charge is 0.265 e. The van der Waals surface area contributed by atoms with Crippen LogP contribution in [-0.2, 0) is 11.3 Å². The first-order valence-electron chi connectivity index (χ1n) is 8.47. The summed E-state index contributed by atoms with van der Waals surface area (Å²) in [5, 5.41) is 2.89. The molecule has 0 atom stereocenters. The molecule has 1 aromatic carbocycles. The van der Waals surface area contributed by atoms with Gasteiger partial charge in [-0.05, 0) is 37.0 Å². The maximum absolute atomic E-state index is 12.0. The molecule has 0 radical (unpaired) electrons. The van der Waals surface area contributed by atoms with Gasteiger partial charge in [-0.25, -0.2) is 5.43 Å². The first-order chi connectivity index (χ1) is 11.7. The molecule has 128 valence electrons. The average molecular weight is 327 g/mol. The van der Waals surface area contributed by atoms with Crippen molar-refractivity contribution in [3.8, 4) is 0 Å². The number of benzene rings is 1. The van der Waals surface area contributed by atoms with Gasteiger partial charge in [0.2, 0.25) is 0 Å². The van der Waals surface area contributed by atoms with Crippen LogP contribution in [0.3, 0.4) is 0 Å². The SMILES string of the molecule is CCCCNNC(=O)c1ccc(CNC(=O)C2=CCCC=C2)cc1. The predicted molar refractivity (Wildman–Crippen MR) is 95.1 cm³/mol. The minimum Gasteiger partial charge on any atom is -0.348 e. The summed E-state index contributed by atoms with van der Waals surface area (Å²) >= 11 is 0. The van der Waals surface area contributed by atoms with E-state index in [9.17, 15) is 9.59 Å². The quantitative estimate of drug-likeness (QED) is 0.508. The summed E-state index contributed by atoms with van der Waals surface area (Å²) in [6.07, 6.45) is 9.83. The Morgan fingerprint density at radius 3 is 2.54 bits per heavy atom. The summed E-state index contributed by atoms with van der Waals surface area (Å²) in [4.78, 5) is 23.9. The molecule has 0 heterocycles. The Labute approximate surface area is 143 Å². The molecule has 2 amide bonds. The number of carbonyl (C=O) groups is 2. The van der Waals surface area contributed by atoms with Crippen LogP contribution in [-0.4, -0.2) is 18.4 Å². The number of allylic oxidation sites excluding steroid dienone is 2. The van der Waals surface area contributed by atoms with Gasteiger partial charge in [-0.2, -0.15) is 0 Å². The zero-order valence-electron chi connectivity index (χ0n) is 14.1. The molecule has 3 N–H and O–H groups in total. The molecule has 0 aromatic heterocycles. The van der Waals surface area contributed by atoms with Gasteiger partial charge >= 0.3 is 0 Å². The lowest BCUT2D eigenvalue weighted by Gasteiger charge is -2.09. The van der Waals surface area contributed by atoms with Crippen molar-refractivity contribution in [1.29, 1.82) is 0 Å². The van der Waals surface area contributed by atoms with Crippen molar-refractivity contribution in [3.05, 3.63) is 59.2 Å². The average Bonchev–Trinajstić information content (AvgIpc) is 2.64. The fourth-order valence-electron chi connectivity index (χ4n) is 2.32. The van der Waals surface area contributed by atoms with Gasteiger partial charge in [0.15, 0.2) is 0 Å². The van der Waals surface area contributed by atoms with Gasteiger partial charge in [-0.15, -0.1) is 0 Å². The van der Waals surface area contributed by atoms with Crippen molar-refractivity contribution >= 4 is 11.8 Å². The van der Waals surface area contributed by atoms with Crippen LogP contribution in [0.25, 0.3) is 0 Å². The van der Waals surface area contributed by atoms with E-state index in [1.165, 1.54) is 0 Å². The van der Waals surface area contributed by atoms with Crippen molar-refractivity contribution in [2.45, 2.75) is 39.2 Å². The van der Waals surface area contributed by atoms with E-state index in [-0.39, 0.29) is 11.8 Å². The van der Waals surface area contributed by atoms with Gasteiger partial charge in [0.25, 0.3) is 11.8 Å². The molecule has 0 spiro atoms. The summed E-state index contributed by atoms with van der Waals surface area (Å²) in [7, 11) is 0. The summed E-state index contributed by atoms with van der Waals surface area (Å²) < 4.78 is 0. The fourth-order valence-corrected chi connectivity index (χ4v) is 2.32. The predicted octanol–water partition coefficient (Wildman–Crippen LogP) is 2.61. The van der Waals surface area contributed by atoms with Gasteiger partial charge in [-0.1, -0.05) is 43.7 Å². The molecule has 24 heavy (non-hydrogen) atoms. The highest BCUT2D eigenvalue weighted by Crippen LogP contribution is 2.10. The molecule has 0 saturated carbocycles. The largest absolute Gasteiger partial charge is 0.348 e. The summed E-state index contributed by atoms with van der Waals surface area (Å²) in [5.41, 5.74) is 7.84. The zero-order chi connectivity index (χ0) is 17.2. The maximum Gasteiger partial charge on any atom is 0.265 e. The molecule has 1 aliphatic rings. The summed E-state index contributed by atoms with van der Waals surface area (Å²) in [6.45, 7) is 3.30. The van der Waals surface area contributed by atoms with Crippen LogP contribution in [0, 0.1) is 0 Å². The highest BCUT2D eigenvalue weighted by Gasteiger charge is 2.08. The van der Waals surface area contributed by atoms with Gasteiger partial charge in [-0.3, -0.25) is 15.0 Å². The zero-order valence-corrected chi connectivity index (χ0v) is 14.1. The van der Waals surface area contributed by atoms with Crippen molar-refractivity contribution < 1.29 is 9.59 Å². The van der Waals surface area contributed by atoms with Crippen molar-refractivity contribution in [2.24, 2.45) is 0 Å². The molecule has 2 rings (SSSR count). The van der Waals surface area contributed by atoms with Gasteiger partial charge < -0.3 is 5.32 Å². The van der Waals surface area contributed by atoms with Gasteiger partial charge in [0, 0.05) is 24.2 Å². The van der Waals surface area contributed by atoms with Crippen LogP contribution >= 0.6 is 0 Å². The van der Waals surface area contributed by atoms with Crippen molar-refractivity contribution in [2.75, 3.05) is 6.54 Å². The second-order valence-corrected chi connectivity index (χ2v) is 5.75. The molecular formula is C19H25N3O2. The minimum atomic E-state index is -0.154. The molecular weight excluding hydrogens is 302 g/mol. The third kappa shape index (κ3) is 5.66. The Kier molecular flexibility index (Phi) is 7.23. The molecule has 5 nitrogen and oxygen atoms in total. The first kappa shape index (κ1) is 17.9. The molecule has 0 fully saturated rings. The maximum atomic E-state index is 12.0. The van der Waals surface area contributed by atoms with E-state index in [1.807, 2.05) is 30.4 Å². The number of amides is 2.